The molecule has 1 fully saturated rings. The SMILES string of the molecule is O=C1CCC=C(C2CCNCC2)N1. The highest BCUT2D eigenvalue weighted by Crippen LogP contribution is 2.22. The van der Waals surface area contributed by atoms with Crippen molar-refractivity contribution in [3.8, 4) is 0 Å². The first kappa shape index (κ1) is 8.75. The summed E-state index contributed by atoms with van der Waals surface area (Å²) < 4.78 is 0. The molecule has 2 heterocycles. The number of allylic oxidation sites excluding steroid dienone is 2. The van der Waals surface area contributed by atoms with Crippen LogP contribution in [0.4, 0.5) is 0 Å². The molecule has 1 amide bonds. The molecule has 0 saturated carbocycles. The second-order valence-electron chi connectivity index (χ2n) is 3.77. The van der Waals surface area contributed by atoms with E-state index < -0.39 is 0 Å². The van der Waals surface area contributed by atoms with E-state index in [9.17, 15) is 4.79 Å². The molecule has 0 atom stereocenters. The van der Waals surface area contributed by atoms with Crippen LogP contribution in [0.1, 0.15) is 25.7 Å². The monoisotopic (exact) mass is 180 g/mol. The highest BCUT2D eigenvalue weighted by atomic mass is 16.1. The van der Waals surface area contributed by atoms with Crippen molar-refractivity contribution < 1.29 is 4.79 Å². The molecule has 2 rings (SSSR count). The molecule has 0 spiro atoms. The van der Waals surface area contributed by atoms with Crippen LogP contribution >= 0.6 is 0 Å². The highest BCUT2D eigenvalue weighted by Gasteiger charge is 2.20. The minimum absolute atomic E-state index is 0.191. The summed E-state index contributed by atoms with van der Waals surface area (Å²) >= 11 is 0. The van der Waals surface area contributed by atoms with E-state index in [1.807, 2.05) is 0 Å². The largest absolute Gasteiger partial charge is 0.330 e. The maximum absolute atomic E-state index is 11.1. The van der Waals surface area contributed by atoms with E-state index in [0.717, 1.165) is 32.4 Å². The number of carbonyl (C=O) groups excluding carboxylic acids is 1. The Labute approximate surface area is 78.6 Å². The van der Waals surface area contributed by atoms with E-state index in [1.165, 1.54) is 5.70 Å². The van der Waals surface area contributed by atoms with Gasteiger partial charge in [-0.2, -0.15) is 0 Å². The third kappa shape index (κ3) is 2.10. The van der Waals surface area contributed by atoms with E-state index in [-0.39, 0.29) is 5.91 Å². The van der Waals surface area contributed by atoms with E-state index in [1.54, 1.807) is 0 Å². The van der Waals surface area contributed by atoms with Gasteiger partial charge < -0.3 is 10.6 Å². The lowest BCUT2D eigenvalue weighted by atomic mass is 9.92. The molecule has 0 unspecified atom stereocenters. The number of rotatable bonds is 1. The predicted octanol–water partition coefficient (Wildman–Crippen LogP) is 0.780. The third-order valence-electron chi connectivity index (χ3n) is 2.80. The number of nitrogens with one attached hydrogen (secondary N) is 2. The van der Waals surface area contributed by atoms with Crippen molar-refractivity contribution in [3.05, 3.63) is 11.8 Å². The Bertz CT molecular complexity index is 229. The second-order valence-corrected chi connectivity index (χ2v) is 3.77. The molecule has 0 aromatic heterocycles. The summed E-state index contributed by atoms with van der Waals surface area (Å²) in [6, 6.07) is 0. The Hall–Kier alpha value is -0.830. The van der Waals surface area contributed by atoms with Crippen molar-refractivity contribution >= 4 is 5.91 Å². The lowest BCUT2D eigenvalue weighted by Crippen LogP contribution is -2.35. The Balaban J connectivity index is 1.98. The summed E-state index contributed by atoms with van der Waals surface area (Å²) in [6.45, 7) is 2.16. The van der Waals surface area contributed by atoms with Crippen molar-refractivity contribution in [2.24, 2.45) is 5.92 Å². The van der Waals surface area contributed by atoms with Crippen LogP contribution in [0.2, 0.25) is 0 Å². The average Bonchev–Trinajstić information content (AvgIpc) is 2.19. The van der Waals surface area contributed by atoms with Gasteiger partial charge in [-0.25, -0.2) is 0 Å². The maximum Gasteiger partial charge on any atom is 0.224 e. The van der Waals surface area contributed by atoms with Crippen molar-refractivity contribution in [1.82, 2.24) is 10.6 Å². The van der Waals surface area contributed by atoms with Crippen molar-refractivity contribution in [3.63, 3.8) is 0 Å². The molecule has 13 heavy (non-hydrogen) atoms. The molecule has 3 heteroatoms. The van der Waals surface area contributed by atoms with Crippen molar-refractivity contribution in [2.45, 2.75) is 25.7 Å². The van der Waals surface area contributed by atoms with Crippen LogP contribution in [0, 0.1) is 5.92 Å². The van der Waals surface area contributed by atoms with Crippen molar-refractivity contribution in [2.75, 3.05) is 13.1 Å². The van der Waals surface area contributed by atoms with Gasteiger partial charge in [-0.1, -0.05) is 6.08 Å². The molecular formula is C10H16N2O. The fourth-order valence-corrected chi connectivity index (χ4v) is 2.03. The zero-order chi connectivity index (χ0) is 9.10. The Morgan fingerprint density at radius 3 is 2.77 bits per heavy atom. The molecule has 2 aliphatic rings. The van der Waals surface area contributed by atoms with E-state index in [4.69, 9.17) is 0 Å². The van der Waals surface area contributed by atoms with Crippen LogP contribution in [-0.4, -0.2) is 19.0 Å². The molecule has 0 aliphatic carbocycles. The molecule has 0 aromatic rings. The zero-order valence-electron chi connectivity index (χ0n) is 7.81. The van der Waals surface area contributed by atoms with E-state index in [2.05, 4.69) is 16.7 Å². The van der Waals surface area contributed by atoms with Gasteiger partial charge in [0.1, 0.15) is 0 Å². The van der Waals surface area contributed by atoms with Gasteiger partial charge in [-0.15, -0.1) is 0 Å². The van der Waals surface area contributed by atoms with Crippen molar-refractivity contribution in [1.29, 1.82) is 0 Å². The predicted molar refractivity (Wildman–Crippen MR) is 51.1 cm³/mol. The summed E-state index contributed by atoms with van der Waals surface area (Å²) in [6.07, 6.45) is 6.09. The number of carbonyl (C=O) groups is 1. The molecule has 72 valence electrons. The first-order chi connectivity index (χ1) is 6.36. The van der Waals surface area contributed by atoms with Crippen LogP contribution in [-0.2, 0) is 4.79 Å². The number of hydrogen-bond donors (Lipinski definition) is 2. The number of hydrogen-bond acceptors (Lipinski definition) is 2. The minimum atomic E-state index is 0.191. The van der Waals surface area contributed by atoms with Gasteiger partial charge in [0.2, 0.25) is 5.91 Å². The molecule has 0 aromatic carbocycles. The number of piperidine rings is 1. The average molecular weight is 180 g/mol. The zero-order valence-corrected chi connectivity index (χ0v) is 7.81. The van der Waals surface area contributed by atoms with Crippen LogP contribution < -0.4 is 10.6 Å². The first-order valence-corrected chi connectivity index (χ1v) is 5.07. The molecule has 2 N–H and O–H groups in total. The first-order valence-electron chi connectivity index (χ1n) is 5.07. The standard InChI is InChI=1S/C10H16N2O/c13-10-3-1-2-9(12-10)8-4-6-11-7-5-8/h2,8,11H,1,3-7H2,(H,12,13). The smallest absolute Gasteiger partial charge is 0.224 e. The number of amides is 1. The minimum Gasteiger partial charge on any atom is -0.330 e. The highest BCUT2D eigenvalue weighted by molar-refractivity contribution is 5.79. The van der Waals surface area contributed by atoms with Gasteiger partial charge in [0.25, 0.3) is 0 Å². The normalized spacial score (nSPS) is 25.2. The summed E-state index contributed by atoms with van der Waals surface area (Å²) in [5, 5.41) is 6.31. The molecule has 1 saturated heterocycles. The van der Waals surface area contributed by atoms with E-state index in [0.29, 0.717) is 12.3 Å². The molecule has 0 radical (unpaired) electrons. The van der Waals surface area contributed by atoms with Gasteiger partial charge in [0.05, 0.1) is 0 Å². The summed E-state index contributed by atoms with van der Waals surface area (Å²) in [4.78, 5) is 11.1. The van der Waals surface area contributed by atoms with Gasteiger partial charge in [0.15, 0.2) is 0 Å². The third-order valence-corrected chi connectivity index (χ3v) is 2.80. The van der Waals surface area contributed by atoms with Crippen LogP contribution in [0.3, 0.4) is 0 Å². The summed E-state index contributed by atoms with van der Waals surface area (Å²) in [5.41, 5.74) is 1.18. The fraction of sp³-hybridized carbons (Fsp3) is 0.700. The fourth-order valence-electron chi connectivity index (χ4n) is 2.03. The summed E-state index contributed by atoms with van der Waals surface area (Å²) in [7, 11) is 0. The summed E-state index contributed by atoms with van der Waals surface area (Å²) in [5.74, 6) is 0.779. The Morgan fingerprint density at radius 2 is 2.08 bits per heavy atom. The van der Waals surface area contributed by atoms with E-state index >= 15 is 0 Å². The Morgan fingerprint density at radius 1 is 1.31 bits per heavy atom. The molecular weight excluding hydrogens is 164 g/mol. The Kier molecular flexibility index (Phi) is 2.64. The van der Waals surface area contributed by atoms with Gasteiger partial charge in [0, 0.05) is 18.0 Å². The van der Waals surface area contributed by atoms with Crippen LogP contribution in [0.15, 0.2) is 11.8 Å². The van der Waals surface area contributed by atoms with Crippen LogP contribution in [0.5, 0.6) is 0 Å². The second kappa shape index (κ2) is 3.92. The molecule has 2 aliphatic heterocycles. The molecule has 3 nitrogen and oxygen atoms in total. The lowest BCUT2D eigenvalue weighted by molar-refractivity contribution is -0.120. The van der Waals surface area contributed by atoms with Gasteiger partial charge in [-0.3, -0.25) is 4.79 Å². The van der Waals surface area contributed by atoms with Gasteiger partial charge in [-0.05, 0) is 32.4 Å². The quantitative estimate of drug-likeness (QED) is 0.626. The lowest BCUT2D eigenvalue weighted by Gasteiger charge is -2.27. The topological polar surface area (TPSA) is 41.1 Å². The maximum atomic E-state index is 11.1. The van der Waals surface area contributed by atoms with Gasteiger partial charge >= 0.3 is 0 Å². The molecule has 0 bridgehead atoms. The van der Waals surface area contributed by atoms with Crippen LogP contribution in [0.25, 0.3) is 0 Å².